The van der Waals surface area contributed by atoms with Gasteiger partial charge in [-0.2, -0.15) is 15.0 Å². The van der Waals surface area contributed by atoms with Gasteiger partial charge in [-0.3, -0.25) is 0 Å². The minimum atomic E-state index is 0.319. The number of rotatable bonds is 2. The van der Waals surface area contributed by atoms with Crippen molar-refractivity contribution in [1.82, 2.24) is 15.0 Å². The second-order valence-corrected chi connectivity index (χ2v) is 4.52. The number of hydrogen-bond acceptors (Lipinski definition) is 2. The number of benzene rings is 1. The van der Waals surface area contributed by atoms with Gasteiger partial charge in [-0.1, -0.05) is 19.9 Å². The smallest absolute Gasteiger partial charge is 0.113 e. The summed E-state index contributed by atoms with van der Waals surface area (Å²) in [5.41, 5.74) is 3.29. The molecule has 0 amide bonds. The normalized spacial score (nSPS) is 11.9. The van der Waals surface area contributed by atoms with Gasteiger partial charge in [-0.15, -0.1) is 0 Å². The first-order valence-corrected chi connectivity index (χ1v) is 5.44. The molecule has 2 rings (SSSR count). The molecule has 0 atom stereocenters. The van der Waals surface area contributed by atoms with Crippen molar-refractivity contribution in [1.29, 1.82) is 0 Å². The molecule has 0 aliphatic rings. The van der Waals surface area contributed by atoms with Crippen molar-refractivity contribution in [3.63, 3.8) is 0 Å². The lowest BCUT2D eigenvalue weighted by Gasteiger charge is -2.02. The summed E-state index contributed by atoms with van der Waals surface area (Å²) in [6.45, 7) is 8.55. The molecular formula is C12H17N3. The SMILES string of the molecule is CC(C)c1ccc2nn(C(C)C)nc2c1. The third-order valence-corrected chi connectivity index (χ3v) is 2.55. The van der Waals surface area contributed by atoms with Crippen molar-refractivity contribution in [3.8, 4) is 0 Å². The summed E-state index contributed by atoms with van der Waals surface area (Å²) in [5.74, 6) is 0.540. The van der Waals surface area contributed by atoms with Crippen LogP contribution in [0.4, 0.5) is 0 Å². The predicted molar refractivity (Wildman–Crippen MR) is 62.0 cm³/mol. The van der Waals surface area contributed by atoms with Crippen LogP contribution in [0, 0.1) is 0 Å². The molecule has 2 aromatic rings. The zero-order valence-electron chi connectivity index (χ0n) is 9.73. The van der Waals surface area contributed by atoms with E-state index in [0.717, 1.165) is 11.0 Å². The molecule has 0 saturated heterocycles. The van der Waals surface area contributed by atoms with Gasteiger partial charge in [-0.05, 0) is 37.5 Å². The third kappa shape index (κ3) is 1.87. The highest BCUT2D eigenvalue weighted by Crippen LogP contribution is 2.19. The summed E-state index contributed by atoms with van der Waals surface area (Å²) in [4.78, 5) is 1.77. The van der Waals surface area contributed by atoms with Crippen molar-refractivity contribution in [3.05, 3.63) is 23.8 Å². The van der Waals surface area contributed by atoms with Crippen LogP contribution < -0.4 is 0 Å². The zero-order valence-corrected chi connectivity index (χ0v) is 9.73. The van der Waals surface area contributed by atoms with Gasteiger partial charge in [0.25, 0.3) is 0 Å². The van der Waals surface area contributed by atoms with Crippen molar-refractivity contribution in [2.24, 2.45) is 0 Å². The Balaban J connectivity index is 2.52. The van der Waals surface area contributed by atoms with Gasteiger partial charge in [0.15, 0.2) is 0 Å². The quantitative estimate of drug-likeness (QED) is 0.750. The summed E-state index contributed by atoms with van der Waals surface area (Å²) in [5, 5.41) is 8.88. The van der Waals surface area contributed by atoms with Crippen LogP contribution in [0.3, 0.4) is 0 Å². The van der Waals surface area contributed by atoms with Gasteiger partial charge < -0.3 is 0 Å². The molecule has 0 saturated carbocycles. The number of nitrogens with zero attached hydrogens (tertiary/aromatic N) is 3. The van der Waals surface area contributed by atoms with Gasteiger partial charge >= 0.3 is 0 Å². The summed E-state index contributed by atoms with van der Waals surface area (Å²) in [7, 11) is 0. The number of fused-ring (bicyclic) bond motifs is 1. The molecule has 0 radical (unpaired) electrons. The molecule has 3 heteroatoms. The minimum absolute atomic E-state index is 0.319. The standard InChI is InChI=1S/C12H17N3/c1-8(2)10-5-6-11-12(7-10)14-15(13-11)9(3)4/h5-9H,1-4H3. The molecule has 0 fully saturated rings. The van der Waals surface area contributed by atoms with Crippen LogP contribution in [-0.2, 0) is 0 Å². The Morgan fingerprint density at radius 1 is 1.00 bits per heavy atom. The highest BCUT2D eigenvalue weighted by Gasteiger charge is 2.07. The van der Waals surface area contributed by atoms with Crippen LogP contribution in [0.5, 0.6) is 0 Å². The molecule has 0 spiro atoms. The molecule has 80 valence electrons. The molecule has 0 N–H and O–H groups in total. The van der Waals surface area contributed by atoms with Gasteiger partial charge in [0.05, 0.1) is 6.04 Å². The lowest BCUT2D eigenvalue weighted by Crippen LogP contribution is -2.04. The Bertz CT molecular complexity index is 463. The molecular weight excluding hydrogens is 186 g/mol. The number of aromatic nitrogens is 3. The number of hydrogen-bond donors (Lipinski definition) is 0. The van der Waals surface area contributed by atoms with E-state index >= 15 is 0 Å². The van der Waals surface area contributed by atoms with E-state index in [-0.39, 0.29) is 0 Å². The van der Waals surface area contributed by atoms with E-state index in [1.807, 2.05) is 0 Å². The minimum Gasteiger partial charge on any atom is -0.181 e. The van der Waals surface area contributed by atoms with E-state index in [2.05, 4.69) is 56.1 Å². The monoisotopic (exact) mass is 203 g/mol. The lowest BCUT2D eigenvalue weighted by molar-refractivity contribution is 0.472. The average Bonchev–Trinajstić information content (AvgIpc) is 2.59. The molecule has 0 aliphatic carbocycles. The predicted octanol–water partition coefficient (Wildman–Crippen LogP) is 3.14. The van der Waals surface area contributed by atoms with E-state index in [1.54, 1.807) is 4.80 Å². The van der Waals surface area contributed by atoms with Crippen LogP contribution in [0.25, 0.3) is 11.0 Å². The Morgan fingerprint density at radius 2 is 1.67 bits per heavy atom. The van der Waals surface area contributed by atoms with Crippen molar-refractivity contribution < 1.29 is 0 Å². The van der Waals surface area contributed by atoms with E-state index in [0.29, 0.717) is 12.0 Å². The molecule has 1 heterocycles. The molecule has 3 nitrogen and oxygen atoms in total. The average molecular weight is 203 g/mol. The Morgan fingerprint density at radius 3 is 2.27 bits per heavy atom. The fourth-order valence-electron chi connectivity index (χ4n) is 1.54. The fraction of sp³-hybridized carbons (Fsp3) is 0.500. The lowest BCUT2D eigenvalue weighted by atomic mass is 10.0. The zero-order chi connectivity index (χ0) is 11.0. The van der Waals surface area contributed by atoms with E-state index < -0.39 is 0 Å². The first-order valence-electron chi connectivity index (χ1n) is 5.44. The molecule has 1 aromatic heterocycles. The van der Waals surface area contributed by atoms with Crippen molar-refractivity contribution in [2.75, 3.05) is 0 Å². The topological polar surface area (TPSA) is 30.7 Å². The highest BCUT2D eigenvalue weighted by atomic mass is 15.5. The van der Waals surface area contributed by atoms with Crippen LogP contribution in [-0.4, -0.2) is 15.0 Å². The van der Waals surface area contributed by atoms with E-state index in [4.69, 9.17) is 0 Å². The van der Waals surface area contributed by atoms with Crippen LogP contribution in [0.2, 0.25) is 0 Å². The van der Waals surface area contributed by atoms with E-state index in [1.165, 1.54) is 5.56 Å². The van der Waals surface area contributed by atoms with Crippen molar-refractivity contribution in [2.45, 2.75) is 39.7 Å². The largest absolute Gasteiger partial charge is 0.181 e. The molecule has 0 bridgehead atoms. The van der Waals surface area contributed by atoms with Gasteiger partial charge in [0, 0.05) is 0 Å². The maximum Gasteiger partial charge on any atom is 0.113 e. The van der Waals surface area contributed by atoms with Crippen LogP contribution >= 0.6 is 0 Å². The molecule has 1 aromatic carbocycles. The first-order chi connectivity index (χ1) is 7.08. The second-order valence-electron chi connectivity index (χ2n) is 4.52. The van der Waals surface area contributed by atoms with Crippen LogP contribution in [0.1, 0.15) is 45.2 Å². The Hall–Kier alpha value is -1.38. The molecule has 15 heavy (non-hydrogen) atoms. The molecule has 0 unspecified atom stereocenters. The van der Waals surface area contributed by atoms with E-state index in [9.17, 15) is 0 Å². The summed E-state index contributed by atoms with van der Waals surface area (Å²) in [6.07, 6.45) is 0. The van der Waals surface area contributed by atoms with Gasteiger partial charge in [-0.25, -0.2) is 0 Å². The third-order valence-electron chi connectivity index (χ3n) is 2.55. The summed E-state index contributed by atoms with van der Waals surface area (Å²) < 4.78 is 0. The summed E-state index contributed by atoms with van der Waals surface area (Å²) >= 11 is 0. The van der Waals surface area contributed by atoms with Gasteiger partial charge in [0.2, 0.25) is 0 Å². The highest BCUT2D eigenvalue weighted by molar-refractivity contribution is 5.74. The van der Waals surface area contributed by atoms with Gasteiger partial charge in [0.1, 0.15) is 11.0 Å². The fourth-order valence-corrected chi connectivity index (χ4v) is 1.54. The molecule has 0 aliphatic heterocycles. The second kappa shape index (κ2) is 3.65. The van der Waals surface area contributed by atoms with Crippen LogP contribution in [0.15, 0.2) is 18.2 Å². The Labute approximate surface area is 90.1 Å². The Kier molecular flexibility index (Phi) is 2.47. The van der Waals surface area contributed by atoms with Crippen molar-refractivity contribution >= 4 is 11.0 Å². The summed E-state index contributed by atoms with van der Waals surface area (Å²) in [6, 6.07) is 6.63. The maximum atomic E-state index is 4.46. The maximum absolute atomic E-state index is 4.46. The first kappa shape index (κ1) is 10.1.